The van der Waals surface area contributed by atoms with E-state index in [4.69, 9.17) is 9.15 Å². The number of aryl methyl sites for hydroxylation is 1. The predicted molar refractivity (Wildman–Crippen MR) is 116 cm³/mol. The molecule has 30 heavy (non-hydrogen) atoms. The molecular weight excluding hydrogens is 380 g/mol. The van der Waals surface area contributed by atoms with E-state index >= 15 is 0 Å². The van der Waals surface area contributed by atoms with Crippen molar-refractivity contribution in [2.75, 3.05) is 17.2 Å². The molecule has 0 radical (unpaired) electrons. The van der Waals surface area contributed by atoms with Crippen LogP contribution in [0.1, 0.15) is 16.1 Å². The van der Waals surface area contributed by atoms with Crippen LogP contribution in [-0.4, -0.2) is 18.4 Å². The average Bonchev–Trinajstić information content (AvgIpc) is 3.18. The molecule has 2 amide bonds. The van der Waals surface area contributed by atoms with Crippen molar-refractivity contribution >= 4 is 34.2 Å². The topological polar surface area (TPSA) is 80.6 Å². The summed E-state index contributed by atoms with van der Waals surface area (Å²) in [6.45, 7) is 1.87. The number of rotatable bonds is 6. The van der Waals surface area contributed by atoms with Gasteiger partial charge in [-0.2, -0.15) is 0 Å². The number of hydrogen-bond acceptors (Lipinski definition) is 4. The average molecular weight is 400 g/mol. The zero-order chi connectivity index (χ0) is 20.9. The Labute approximate surface area is 173 Å². The largest absolute Gasteiger partial charge is 0.484 e. The van der Waals surface area contributed by atoms with Crippen molar-refractivity contribution in [1.29, 1.82) is 0 Å². The number of amides is 2. The van der Waals surface area contributed by atoms with E-state index in [2.05, 4.69) is 10.6 Å². The lowest BCUT2D eigenvalue weighted by atomic mass is 10.2. The molecule has 0 unspecified atom stereocenters. The first kappa shape index (κ1) is 19.3. The third kappa shape index (κ3) is 4.67. The highest BCUT2D eigenvalue weighted by Gasteiger charge is 2.12. The summed E-state index contributed by atoms with van der Waals surface area (Å²) in [5, 5.41) is 6.41. The standard InChI is InChI=1S/C24H20N2O4/c1-16-5-4-7-20(13-16)29-15-23(27)25-18-9-11-19(12-10-18)26-24(28)22-14-17-6-2-3-8-21(17)30-22/h2-14H,15H2,1H3,(H,25,27)(H,26,28). The Balaban J connectivity index is 1.32. The van der Waals surface area contributed by atoms with Gasteiger partial charge in [-0.3, -0.25) is 9.59 Å². The molecule has 0 aliphatic carbocycles. The Kier molecular flexibility index (Phi) is 5.48. The molecule has 4 aromatic rings. The molecule has 0 spiro atoms. The van der Waals surface area contributed by atoms with Gasteiger partial charge in [0.25, 0.3) is 11.8 Å². The molecule has 2 N–H and O–H groups in total. The number of nitrogens with one attached hydrogen (secondary N) is 2. The maximum absolute atomic E-state index is 12.4. The summed E-state index contributed by atoms with van der Waals surface area (Å²) in [4.78, 5) is 24.5. The fourth-order valence-electron chi connectivity index (χ4n) is 2.97. The molecule has 0 bridgehead atoms. The number of anilines is 2. The number of fused-ring (bicyclic) bond motifs is 1. The second-order valence-electron chi connectivity index (χ2n) is 6.83. The molecule has 1 aromatic heterocycles. The van der Waals surface area contributed by atoms with E-state index in [1.54, 1.807) is 36.4 Å². The van der Waals surface area contributed by atoms with Crippen molar-refractivity contribution in [3.8, 4) is 5.75 Å². The van der Waals surface area contributed by atoms with Gasteiger partial charge in [0, 0.05) is 16.8 Å². The smallest absolute Gasteiger partial charge is 0.291 e. The van der Waals surface area contributed by atoms with Crippen molar-refractivity contribution in [2.24, 2.45) is 0 Å². The van der Waals surface area contributed by atoms with Crippen LogP contribution in [0.25, 0.3) is 11.0 Å². The Bertz CT molecular complexity index is 1160. The SMILES string of the molecule is Cc1cccc(OCC(=O)Nc2ccc(NC(=O)c3cc4ccccc4o3)cc2)c1. The molecule has 150 valence electrons. The number of para-hydroxylation sites is 1. The Morgan fingerprint density at radius 1 is 0.867 bits per heavy atom. The Morgan fingerprint density at radius 3 is 2.33 bits per heavy atom. The van der Waals surface area contributed by atoms with Crippen LogP contribution in [0.5, 0.6) is 5.75 Å². The highest BCUT2D eigenvalue weighted by molar-refractivity contribution is 6.04. The second-order valence-corrected chi connectivity index (χ2v) is 6.83. The molecule has 6 nitrogen and oxygen atoms in total. The first-order valence-electron chi connectivity index (χ1n) is 9.46. The molecule has 0 fully saturated rings. The van der Waals surface area contributed by atoms with Gasteiger partial charge in [-0.05, 0) is 61.0 Å². The molecule has 0 atom stereocenters. The van der Waals surface area contributed by atoms with E-state index in [-0.39, 0.29) is 24.2 Å². The van der Waals surface area contributed by atoms with Gasteiger partial charge in [-0.1, -0.05) is 30.3 Å². The van der Waals surface area contributed by atoms with Gasteiger partial charge in [0.1, 0.15) is 11.3 Å². The van der Waals surface area contributed by atoms with Gasteiger partial charge in [-0.25, -0.2) is 0 Å². The van der Waals surface area contributed by atoms with Crippen LogP contribution in [0.4, 0.5) is 11.4 Å². The number of hydrogen-bond donors (Lipinski definition) is 2. The number of furan rings is 1. The van der Waals surface area contributed by atoms with Crippen LogP contribution in [0.3, 0.4) is 0 Å². The van der Waals surface area contributed by atoms with Crippen LogP contribution in [0.15, 0.2) is 83.3 Å². The quantitative estimate of drug-likeness (QED) is 0.477. The number of ether oxygens (including phenoxy) is 1. The molecule has 3 aromatic carbocycles. The predicted octanol–water partition coefficient (Wildman–Crippen LogP) is 5.01. The summed E-state index contributed by atoms with van der Waals surface area (Å²) in [7, 11) is 0. The number of carbonyl (C=O) groups excluding carboxylic acids is 2. The first-order valence-corrected chi connectivity index (χ1v) is 9.46. The number of benzene rings is 3. The second kappa shape index (κ2) is 8.53. The summed E-state index contributed by atoms with van der Waals surface area (Å²) in [5.74, 6) is 0.279. The van der Waals surface area contributed by atoms with Crippen LogP contribution in [0.2, 0.25) is 0 Å². The lowest BCUT2D eigenvalue weighted by Crippen LogP contribution is -2.20. The Morgan fingerprint density at radius 2 is 1.60 bits per heavy atom. The summed E-state index contributed by atoms with van der Waals surface area (Å²) < 4.78 is 11.1. The first-order chi connectivity index (χ1) is 14.6. The summed E-state index contributed by atoms with van der Waals surface area (Å²) in [6.07, 6.45) is 0. The normalized spacial score (nSPS) is 10.6. The minimum atomic E-state index is -0.338. The van der Waals surface area contributed by atoms with Gasteiger partial charge in [0.2, 0.25) is 0 Å². The fraction of sp³-hybridized carbons (Fsp3) is 0.0833. The van der Waals surface area contributed by atoms with E-state index < -0.39 is 0 Å². The maximum atomic E-state index is 12.4. The minimum Gasteiger partial charge on any atom is -0.484 e. The number of carbonyl (C=O) groups is 2. The summed E-state index contributed by atoms with van der Waals surface area (Å²) >= 11 is 0. The molecular formula is C24H20N2O4. The van der Waals surface area contributed by atoms with E-state index in [1.807, 2.05) is 49.4 Å². The zero-order valence-corrected chi connectivity index (χ0v) is 16.3. The lowest BCUT2D eigenvalue weighted by molar-refractivity contribution is -0.118. The molecule has 0 saturated carbocycles. The van der Waals surface area contributed by atoms with Crippen LogP contribution >= 0.6 is 0 Å². The van der Waals surface area contributed by atoms with Gasteiger partial charge in [-0.15, -0.1) is 0 Å². The van der Waals surface area contributed by atoms with E-state index in [9.17, 15) is 9.59 Å². The third-order valence-corrected chi connectivity index (χ3v) is 4.44. The van der Waals surface area contributed by atoms with Crippen molar-refractivity contribution in [2.45, 2.75) is 6.92 Å². The summed E-state index contributed by atoms with van der Waals surface area (Å²) in [5.41, 5.74) is 2.92. The van der Waals surface area contributed by atoms with Crippen LogP contribution in [0, 0.1) is 6.92 Å². The molecule has 0 aliphatic rings. The zero-order valence-electron chi connectivity index (χ0n) is 16.3. The fourth-order valence-corrected chi connectivity index (χ4v) is 2.97. The highest BCUT2D eigenvalue weighted by Crippen LogP contribution is 2.21. The molecule has 4 rings (SSSR count). The molecule has 6 heteroatoms. The van der Waals surface area contributed by atoms with Gasteiger partial charge in [0.05, 0.1) is 0 Å². The minimum absolute atomic E-state index is 0.0893. The highest BCUT2D eigenvalue weighted by atomic mass is 16.5. The van der Waals surface area contributed by atoms with Crippen molar-refractivity contribution in [3.63, 3.8) is 0 Å². The molecule has 0 aliphatic heterocycles. The maximum Gasteiger partial charge on any atom is 0.291 e. The van der Waals surface area contributed by atoms with E-state index in [0.717, 1.165) is 10.9 Å². The van der Waals surface area contributed by atoms with Gasteiger partial charge >= 0.3 is 0 Å². The Hall–Kier alpha value is -4.06. The van der Waals surface area contributed by atoms with Crippen LogP contribution < -0.4 is 15.4 Å². The van der Waals surface area contributed by atoms with Gasteiger partial charge in [0.15, 0.2) is 12.4 Å². The molecule has 1 heterocycles. The van der Waals surface area contributed by atoms with Crippen molar-refractivity contribution in [3.05, 3.63) is 90.2 Å². The van der Waals surface area contributed by atoms with Crippen LogP contribution in [-0.2, 0) is 4.79 Å². The van der Waals surface area contributed by atoms with Gasteiger partial charge < -0.3 is 19.8 Å². The van der Waals surface area contributed by atoms with Crippen molar-refractivity contribution < 1.29 is 18.7 Å². The summed E-state index contributed by atoms with van der Waals surface area (Å²) in [6, 6.07) is 23.5. The van der Waals surface area contributed by atoms with E-state index in [1.165, 1.54) is 0 Å². The lowest BCUT2D eigenvalue weighted by Gasteiger charge is -2.09. The molecule has 0 saturated heterocycles. The van der Waals surface area contributed by atoms with E-state index in [0.29, 0.717) is 22.7 Å². The third-order valence-electron chi connectivity index (χ3n) is 4.44. The van der Waals surface area contributed by atoms with Crippen molar-refractivity contribution in [1.82, 2.24) is 0 Å². The monoisotopic (exact) mass is 400 g/mol.